The largest absolute Gasteiger partial charge is 0.387 e. The lowest BCUT2D eigenvalue weighted by atomic mass is 10.2. The highest BCUT2D eigenvalue weighted by atomic mass is 16.5. The minimum Gasteiger partial charge on any atom is -0.387 e. The Labute approximate surface area is 75.0 Å². The van der Waals surface area contributed by atoms with E-state index in [2.05, 4.69) is 18.8 Å². The Bertz CT molecular complexity index is 134. The van der Waals surface area contributed by atoms with Crippen molar-refractivity contribution in [1.29, 1.82) is 0 Å². The molecule has 0 aliphatic rings. The first-order valence-corrected chi connectivity index (χ1v) is 4.51. The second-order valence-electron chi connectivity index (χ2n) is 3.00. The van der Waals surface area contributed by atoms with Gasteiger partial charge in [-0.25, -0.2) is 0 Å². The van der Waals surface area contributed by atoms with Crippen LogP contribution in [0.3, 0.4) is 0 Å². The van der Waals surface area contributed by atoms with Crippen molar-refractivity contribution in [1.82, 2.24) is 0 Å². The molecule has 12 heavy (non-hydrogen) atoms. The van der Waals surface area contributed by atoms with Gasteiger partial charge in [0.2, 0.25) is 0 Å². The van der Waals surface area contributed by atoms with Crippen LogP contribution >= 0.6 is 0 Å². The van der Waals surface area contributed by atoms with Gasteiger partial charge in [0.05, 0.1) is 11.9 Å². The quantitative estimate of drug-likeness (QED) is 0.488. The maximum atomic E-state index is 5.67. The molecule has 72 valence electrons. The van der Waals surface area contributed by atoms with Gasteiger partial charge in [-0.2, -0.15) is 0 Å². The van der Waals surface area contributed by atoms with E-state index >= 15 is 0 Å². The van der Waals surface area contributed by atoms with E-state index in [1.807, 2.05) is 0 Å². The number of amidine groups is 1. The predicted octanol–water partition coefficient (Wildman–Crippen LogP) is 1.57. The number of nitrogens with two attached hydrogens (primary N) is 1. The number of hydrogen-bond acceptors (Lipinski definition) is 2. The fraction of sp³-hybridized carbons (Fsp3) is 0.889. The fourth-order valence-corrected chi connectivity index (χ4v) is 0.957. The Morgan fingerprint density at radius 1 is 1.58 bits per heavy atom. The second-order valence-corrected chi connectivity index (χ2v) is 3.00. The second kappa shape index (κ2) is 7.10. The van der Waals surface area contributed by atoms with Crippen LogP contribution in [0.1, 0.15) is 33.1 Å². The lowest BCUT2D eigenvalue weighted by Gasteiger charge is -2.06. The predicted molar refractivity (Wildman–Crippen MR) is 52.5 cm³/mol. The van der Waals surface area contributed by atoms with Crippen molar-refractivity contribution in [2.45, 2.75) is 39.2 Å². The van der Waals surface area contributed by atoms with Gasteiger partial charge in [0.25, 0.3) is 0 Å². The molecule has 0 fully saturated rings. The SMILES string of the molecule is CCCC(N)=NC(C)CCOC. The summed E-state index contributed by atoms with van der Waals surface area (Å²) >= 11 is 0. The summed E-state index contributed by atoms with van der Waals surface area (Å²) < 4.78 is 4.94. The van der Waals surface area contributed by atoms with Crippen LogP contribution in [0.2, 0.25) is 0 Å². The Hall–Kier alpha value is -0.570. The Morgan fingerprint density at radius 3 is 2.75 bits per heavy atom. The van der Waals surface area contributed by atoms with Crippen molar-refractivity contribution in [3.05, 3.63) is 0 Å². The molecule has 0 bridgehead atoms. The van der Waals surface area contributed by atoms with Crippen LogP contribution in [0.15, 0.2) is 4.99 Å². The molecule has 0 saturated carbocycles. The van der Waals surface area contributed by atoms with Gasteiger partial charge >= 0.3 is 0 Å². The van der Waals surface area contributed by atoms with Gasteiger partial charge in [-0.15, -0.1) is 0 Å². The minimum absolute atomic E-state index is 0.288. The van der Waals surface area contributed by atoms with E-state index in [4.69, 9.17) is 10.5 Å². The molecule has 0 saturated heterocycles. The third-order valence-electron chi connectivity index (χ3n) is 1.63. The molecule has 3 nitrogen and oxygen atoms in total. The molecule has 0 amide bonds. The Balaban J connectivity index is 3.63. The van der Waals surface area contributed by atoms with E-state index in [-0.39, 0.29) is 6.04 Å². The van der Waals surface area contributed by atoms with E-state index in [9.17, 15) is 0 Å². The number of aliphatic imine (C=N–C) groups is 1. The molecule has 0 heterocycles. The van der Waals surface area contributed by atoms with Crippen LogP contribution in [0, 0.1) is 0 Å². The molecule has 0 aromatic heterocycles. The topological polar surface area (TPSA) is 47.6 Å². The maximum Gasteiger partial charge on any atom is 0.0940 e. The molecule has 0 rings (SSSR count). The van der Waals surface area contributed by atoms with E-state index in [1.165, 1.54) is 0 Å². The number of hydrogen-bond donors (Lipinski definition) is 1. The van der Waals surface area contributed by atoms with Crippen LogP contribution < -0.4 is 5.73 Å². The lowest BCUT2D eigenvalue weighted by molar-refractivity contribution is 0.190. The van der Waals surface area contributed by atoms with Gasteiger partial charge in [0.15, 0.2) is 0 Å². The number of rotatable bonds is 6. The molecule has 0 spiro atoms. The van der Waals surface area contributed by atoms with Crippen molar-refractivity contribution in [2.75, 3.05) is 13.7 Å². The highest BCUT2D eigenvalue weighted by Crippen LogP contribution is 1.98. The van der Waals surface area contributed by atoms with Crippen LogP contribution in [0.4, 0.5) is 0 Å². The van der Waals surface area contributed by atoms with Crippen molar-refractivity contribution < 1.29 is 4.74 Å². The van der Waals surface area contributed by atoms with E-state index in [0.717, 1.165) is 31.7 Å². The average molecular weight is 172 g/mol. The number of methoxy groups -OCH3 is 1. The summed E-state index contributed by atoms with van der Waals surface area (Å²) in [4.78, 5) is 4.32. The molecule has 0 aliphatic heterocycles. The highest BCUT2D eigenvalue weighted by molar-refractivity contribution is 5.80. The highest BCUT2D eigenvalue weighted by Gasteiger charge is 1.99. The first-order valence-electron chi connectivity index (χ1n) is 4.51. The zero-order valence-corrected chi connectivity index (χ0v) is 8.34. The smallest absolute Gasteiger partial charge is 0.0940 e. The molecule has 2 N–H and O–H groups in total. The van der Waals surface area contributed by atoms with Crippen LogP contribution in [0.5, 0.6) is 0 Å². The summed E-state index contributed by atoms with van der Waals surface area (Å²) in [5.41, 5.74) is 5.67. The lowest BCUT2D eigenvalue weighted by Crippen LogP contribution is -2.15. The van der Waals surface area contributed by atoms with Crippen molar-refractivity contribution in [3.8, 4) is 0 Å². The fourth-order valence-electron chi connectivity index (χ4n) is 0.957. The summed E-state index contributed by atoms with van der Waals surface area (Å²) in [5, 5.41) is 0. The van der Waals surface area contributed by atoms with Gasteiger partial charge in [-0.1, -0.05) is 6.92 Å². The molecule has 3 heteroatoms. The molecular formula is C9H20N2O. The van der Waals surface area contributed by atoms with E-state index < -0.39 is 0 Å². The van der Waals surface area contributed by atoms with E-state index in [0.29, 0.717) is 0 Å². The molecule has 1 atom stereocenters. The zero-order valence-electron chi connectivity index (χ0n) is 8.34. The van der Waals surface area contributed by atoms with Crippen molar-refractivity contribution in [2.24, 2.45) is 10.7 Å². The van der Waals surface area contributed by atoms with Crippen LogP contribution in [-0.2, 0) is 4.74 Å². The third kappa shape index (κ3) is 6.16. The van der Waals surface area contributed by atoms with Gasteiger partial charge < -0.3 is 10.5 Å². The molecule has 0 aliphatic carbocycles. The van der Waals surface area contributed by atoms with Crippen LogP contribution in [0.25, 0.3) is 0 Å². The number of ether oxygens (including phenoxy) is 1. The summed E-state index contributed by atoms with van der Waals surface area (Å²) in [7, 11) is 1.70. The molecule has 1 unspecified atom stereocenters. The summed E-state index contributed by atoms with van der Waals surface area (Å²) in [6.07, 6.45) is 2.91. The summed E-state index contributed by atoms with van der Waals surface area (Å²) in [6.45, 7) is 4.91. The van der Waals surface area contributed by atoms with Crippen LogP contribution in [-0.4, -0.2) is 25.6 Å². The monoisotopic (exact) mass is 172 g/mol. The van der Waals surface area contributed by atoms with E-state index in [1.54, 1.807) is 7.11 Å². The first-order chi connectivity index (χ1) is 5.70. The minimum atomic E-state index is 0.288. The third-order valence-corrected chi connectivity index (χ3v) is 1.63. The Kier molecular flexibility index (Phi) is 6.76. The molecule has 0 aromatic carbocycles. The van der Waals surface area contributed by atoms with Gasteiger partial charge in [-0.3, -0.25) is 4.99 Å². The standard InChI is InChI=1S/C9H20N2O/c1-4-5-9(10)11-8(2)6-7-12-3/h8H,4-7H2,1-3H3,(H2,10,11). The maximum absolute atomic E-state index is 5.67. The molecular weight excluding hydrogens is 152 g/mol. The average Bonchev–Trinajstić information content (AvgIpc) is 2.01. The first kappa shape index (κ1) is 11.4. The van der Waals surface area contributed by atoms with Gasteiger partial charge in [0.1, 0.15) is 0 Å². The van der Waals surface area contributed by atoms with Crippen molar-refractivity contribution >= 4 is 5.84 Å². The summed E-state index contributed by atoms with van der Waals surface area (Å²) in [5.74, 6) is 0.765. The van der Waals surface area contributed by atoms with Gasteiger partial charge in [0, 0.05) is 20.1 Å². The van der Waals surface area contributed by atoms with Crippen molar-refractivity contribution in [3.63, 3.8) is 0 Å². The van der Waals surface area contributed by atoms with Gasteiger partial charge in [-0.05, 0) is 19.8 Å². The molecule has 0 radical (unpaired) electrons. The Morgan fingerprint density at radius 2 is 2.25 bits per heavy atom. The molecule has 0 aromatic rings. The number of nitrogens with zero attached hydrogens (tertiary/aromatic N) is 1. The zero-order chi connectivity index (χ0) is 9.40. The normalized spacial score (nSPS) is 14.8. The summed E-state index contributed by atoms with van der Waals surface area (Å²) in [6, 6.07) is 0.288.